The summed E-state index contributed by atoms with van der Waals surface area (Å²) in [4.78, 5) is 2.49. The van der Waals surface area contributed by atoms with Gasteiger partial charge >= 0.3 is 0 Å². The molecule has 4 nitrogen and oxygen atoms in total. The molecule has 24 heavy (non-hydrogen) atoms. The van der Waals surface area contributed by atoms with Gasteiger partial charge in [-0.15, -0.1) is 0 Å². The highest BCUT2D eigenvalue weighted by Gasteiger charge is 2.20. The van der Waals surface area contributed by atoms with Crippen molar-refractivity contribution in [2.24, 2.45) is 0 Å². The van der Waals surface area contributed by atoms with Gasteiger partial charge in [-0.2, -0.15) is 5.26 Å². The molecule has 0 saturated carbocycles. The van der Waals surface area contributed by atoms with E-state index in [1.807, 2.05) is 18.2 Å². The highest BCUT2D eigenvalue weighted by atomic mass is 16.5. The predicted octanol–water partition coefficient (Wildman–Crippen LogP) is 3.64. The van der Waals surface area contributed by atoms with Crippen molar-refractivity contribution >= 4 is 5.69 Å². The lowest BCUT2D eigenvalue weighted by atomic mass is 10.0. The Balaban J connectivity index is 1.57. The molecule has 3 rings (SSSR count). The molecular formula is C20H23N3O. The second-order valence-corrected chi connectivity index (χ2v) is 6.17. The average Bonchev–Trinajstić information content (AvgIpc) is 2.64. The molecule has 1 fully saturated rings. The summed E-state index contributed by atoms with van der Waals surface area (Å²) >= 11 is 0. The fraction of sp³-hybridized carbons (Fsp3) is 0.350. The molecule has 1 aliphatic heterocycles. The predicted molar refractivity (Wildman–Crippen MR) is 96.1 cm³/mol. The van der Waals surface area contributed by atoms with Crippen molar-refractivity contribution in [1.29, 1.82) is 5.26 Å². The molecule has 0 amide bonds. The smallest absolute Gasteiger partial charge is 0.138 e. The molecule has 2 aromatic rings. The Labute approximate surface area is 143 Å². The van der Waals surface area contributed by atoms with E-state index >= 15 is 0 Å². The van der Waals surface area contributed by atoms with Crippen LogP contribution in [-0.4, -0.2) is 31.1 Å². The number of nitriles is 1. The first-order valence-electron chi connectivity index (χ1n) is 8.40. The minimum atomic E-state index is 0.399. The number of benzene rings is 2. The summed E-state index contributed by atoms with van der Waals surface area (Å²) in [6.45, 7) is 3.15. The molecule has 4 heteroatoms. The zero-order chi connectivity index (χ0) is 16.8. The van der Waals surface area contributed by atoms with Crippen LogP contribution in [-0.2, 0) is 6.54 Å². The van der Waals surface area contributed by atoms with Crippen LogP contribution >= 0.6 is 0 Å². The molecule has 0 atom stereocenters. The van der Waals surface area contributed by atoms with Crippen LogP contribution in [0.3, 0.4) is 0 Å². The Morgan fingerprint density at radius 2 is 1.88 bits per heavy atom. The Kier molecular flexibility index (Phi) is 5.35. The van der Waals surface area contributed by atoms with E-state index in [2.05, 4.69) is 46.6 Å². The van der Waals surface area contributed by atoms with Crippen LogP contribution in [0.25, 0.3) is 0 Å². The molecule has 1 heterocycles. The van der Waals surface area contributed by atoms with E-state index in [1.54, 1.807) is 7.11 Å². The fourth-order valence-corrected chi connectivity index (χ4v) is 3.23. The molecule has 0 radical (unpaired) electrons. The van der Waals surface area contributed by atoms with Crippen molar-refractivity contribution in [3.05, 3.63) is 59.7 Å². The third-order valence-corrected chi connectivity index (χ3v) is 4.55. The molecule has 124 valence electrons. The minimum Gasteiger partial charge on any atom is -0.495 e. The van der Waals surface area contributed by atoms with Crippen LogP contribution in [0, 0.1) is 11.3 Å². The first-order chi connectivity index (χ1) is 11.8. The number of nitrogens with one attached hydrogen (secondary N) is 1. The summed E-state index contributed by atoms with van der Waals surface area (Å²) in [7, 11) is 1.60. The summed E-state index contributed by atoms with van der Waals surface area (Å²) in [5.41, 5.74) is 2.83. The average molecular weight is 321 g/mol. The first kappa shape index (κ1) is 16.4. The largest absolute Gasteiger partial charge is 0.495 e. The van der Waals surface area contributed by atoms with Gasteiger partial charge in [0.25, 0.3) is 0 Å². The van der Waals surface area contributed by atoms with Crippen LogP contribution in [0.2, 0.25) is 0 Å². The van der Waals surface area contributed by atoms with Crippen molar-refractivity contribution in [1.82, 2.24) is 4.90 Å². The second kappa shape index (κ2) is 7.85. The Morgan fingerprint density at radius 1 is 1.12 bits per heavy atom. The monoisotopic (exact) mass is 321 g/mol. The number of rotatable bonds is 5. The van der Waals surface area contributed by atoms with E-state index in [4.69, 9.17) is 4.74 Å². The van der Waals surface area contributed by atoms with Gasteiger partial charge < -0.3 is 10.1 Å². The highest BCUT2D eigenvalue weighted by Crippen LogP contribution is 2.27. The topological polar surface area (TPSA) is 48.3 Å². The number of hydrogen-bond donors (Lipinski definition) is 1. The summed E-state index contributed by atoms with van der Waals surface area (Å²) in [5, 5.41) is 12.9. The number of nitrogens with zero attached hydrogens (tertiary/aromatic N) is 2. The van der Waals surface area contributed by atoms with Gasteiger partial charge in [0.05, 0.1) is 12.8 Å². The van der Waals surface area contributed by atoms with Gasteiger partial charge in [0.2, 0.25) is 0 Å². The van der Waals surface area contributed by atoms with Gasteiger partial charge in [0, 0.05) is 25.7 Å². The maximum absolute atomic E-state index is 9.39. The number of ether oxygens (including phenoxy) is 1. The van der Waals surface area contributed by atoms with Gasteiger partial charge in [-0.25, -0.2) is 0 Å². The van der Waals surface area contributed by atoms with Crippen molar-refractivity contribution in [2.45, 2.75) is 25.4 Å². The van der Waals surface area contributed by atoms with Crippen LogP contribution in [0.15, 0.2) is 48.5 Å². The molecule has 0 unspecified atom stereocenters. The van der Waals surface area contributed by atoms with E-state index in [9.17, 15) is 5.26 Å². The van der Waals surface area contributed by atoms with E-state index in [0.29, 0.717) is 17.4 Å². The molecular weight excluding hydrogens is 298 g/mol. The second-order valence-electron chi connectivity index (χ2n) is 6.17. The number of anilines is 1. The van der Waals surface area contributed by atoms with Crippen LogP contribution in [0.5, 0.6) is 5.75 Å². The van der Waals surface area contributed by atoms with Gasteiger partial charge in [-0.3, -0.25) is 4.90 Å². The van der Waals surface area contributed by atoms with Crippen molar-refractivity contribution in [2.75, 3.05) is 25.5 Å². The van der Waals surface area contributed by atoms with E-state index in [-0.39, 0.29) is 0 Å². The standard InChI is InChI=1S/C20H23N3O/c1-24-20-9-5-8-19(18(20)14-21)22-17-10-12-23(13-11-17)15-16-6-3-2-4-7-16/h2-9,17,22H,10-13,15H2,1H3. The van der Waals surface area contributed by atoms with Crippen molar-refractivity contribution < 1.29 is 4.74 Å². The Bertz CT molecular complexity index is 701. The van der Waals surface area contributed by atoms with Gasteiger partial charge in [0.15, 0.2) is 0 Å². The number of piperidine rings is 1. The molecule has 1 saturated heterocycles. The first-order valence-corrected chi connectivity index (χ1v) is 8.40. The van der Waals surface area contributed by atoms with Crippen LogP contribution in [0.4, 0.5) is 5.69 Å². The molecule has 1 aliphatic rings. The number of hydrogen-bond acceptors (Lipinski definition) is 4. The number of methoxy groups -OCH3 is 1. The summed E-state index contributed by atoms with van der Waals surface area (Å²) < 4.78 is 5.28. The maximum atomic E-state index is 9.39. The lowest BCUT2D eigenvalue weighted by Gasteiger charge is -2.33. The highest BCUT2D eigenvalue weighted by molar-refractivity contribution is 5.64. The molecule has 0 bridgehead atoms. The third-order valence-electron chi connectivity index (χ3n) is 4.55. The SMILES string of the molecule is COc1cccc(NC2CCN(Cc3ccccc3)CC2)c1C#N. The zero-order valence-corrected chi connectivity index (χ0v) is 14.0. The Morgan fingerprint density at radius 3 is 2.54 bits per heavy atom. The van der Waals surface area contributed by atoms with E-state index < -0.39 is 0 Å². The molecule has 2 aromatic carbocycles. The van der Waals surface area contributed by atoms with Crippen molar-refractivity contribution in [3.8, 4) is 11.8 Å². The quantitative estimate of drug-likeness (QED) is 0.913. The lowest BCUT2D eigenvalue weighted by Crippen LogP contribution is -2.38. The minimum absolute atomic E-state index is 0.399. The number of likely N-dealkylation sites (tertiary alicyclic amines) is 1. The van der Waals surface area contributed by atoms with Gasteiger partial charge in [-0.05, 0) is 30.5 Å². The summed E-state index contributed by atoms with van der Waals surface area (Å²) in [6.07, 6.45) is 2.16. The van der Waals surface area contributed by atoms with Crippen LogP contribution in [0.1, 0.15) is 24.0 Å². The van der Waals surface area contributed by atoms with Gasteiger partial charge in [0.1, 0.15) is 17.4 Å². The molecule has 0 aliphatic carbocycles. The van der Waals surface area contributed by atoms with Gasteiger partial charge in [-0.1, -0.05) is 36.4 Å². The Hall–Kier alpha value is -2.51. The molecule has 0 aromatic heterocycles. The summed E-state index contributed by atoms with van der Waals surface area (Å²) in [5.74, 6) is 0.629. The van der Waals surface area contributed by atoms with Crippen molar-refractivity contribution in [3.63, 3.8) is 0 Å². The van der Waals surface area contributed by atoms with E-state index in [1.165, 1.54) is 5.56 Å². The van der Waals surface area contributed by atoms with Crippen LogP contribution < -0.4 is 10.1 Å². The maximum Gasteiger partial charge on any atom is 0.138 e. The summed E-state index contributed by atoms with van der Waals surface area (Å²) in [6, 6.07) is 19.0. The normalized spacial score (nSPS) is 15.7. The molecule has 1 N–H and O–H groups in total. The lowest BCUT2D eigenvalue weighted by molar-refractivity contribution is 0.211. The third kappa shape index (κ3) is 3.87. The van der Waals surface area contributed by atoms with E-state index in [0.717, 1.165) is 38.2 Å². The molecule has 0 spiro atoms. The zero-order valence-electron chi connectivity index (χ0n) is 14.0. The fourth-order valence-electron chi connectivity index (χ4n) is 3.23.